The summed E-state index contributed by atoms with van der Waals surface area (Å²) in [5, 5.41) is 2.86. The van der Waals surface area contributed by atoms with Crippen LogP contribution in [-0.2, 0) is 48.8 Å². The van der Waals surface area contributed by atoms with Gasteiger partial charge >= 0.3 is 12.1 Å². The molecule has 0 atom stereocenters. The maximum atomic E-state index is 13.0. The van der Waals surface area contributed by atoms with E-state index in [1.807, 2.05) is 6.92 Å². The van der Waals surface area contributed by atoms with Crippen molar-refractivity contribution < 1.29 is 60.6 Å². The van der Waals surface area contributed by atoms with Crippen molar-refractivity contribution in [1.29, 1.82) is 0 Å². The van der Waals surface area contributed by atoms with E-state index in [2.05, 4.69) is 5.32 Å². The number of carbonyl (C=O) groups excluding carboxylic acids is 1. The van der Waals surface area contributed by atoms with Gasteiger partial charge in [0.05, 0.1) is 116 Å². The second kappa shape index (κ2) is 25.3. The zero-order chi connectivity index (χ0) is 33.1. The van der Waals surface area contributed by atoms with Gasteiger partial charge in [-0.25, -0.2) is 4.79 Å². The lowest BCUT2D eigenvalue weighted by atomic mass is 10.1. The summed E-state index contributed by atoms with van der Waals surface area (Å²) < 4.78 is 87.4. The Morgan fingerprint density at radius 3 is 1.48 bits per heavy atom. The van der Waals surface area contributed by atoms with Crippen LogP contribution in [0.1, 0.15) is 22.8 Å². The molecule has 2 aromatic carbocycles. The predicted octanol–water partition coefficient (Wildman–Crippen LogP) is 4.76. The molecule has 0 amide bonds. The molecule has 0 heterocycles. The highest BCUT2D eigenvalue weighted by molar-refractivity contribution is 5.96. The zero-order valence-corrected chi connectivity index (χ0v) is 26.4. The molecule has 11 nitrogen and oxygen atoms in total. The third-order valence-electron chi connectivity index (χ3n) is 5.88. The van der Waals surface area contributed by atoms with E-state index in [-0.39, 0.29) is 24.5 Å². The van der Waals surface area contributed by atoms with E-state index in [1.165, 1.54) is 18.2 Å². The Balaban J connectivity index is 1.38. The van der Waals surface area contributed by atoms with Gasteiger partial charge in [-0.15, -0.1) is 0 Å². The average Bonchev–Trinajstić information content (AvgIpc) is 3.04. The van der Waals surface area contributed by atoms with Crippen LogP contribution in [-0.4, -0.2) is 118 Å². The maximum Gasteiger partial charge on any atom is 0.416 e. The van der Waals surface area contributed by atoms with Crippen molar-refractivity contribution in [2.45, 2.75) is 13.1 Å². The zero-order valence-electron chi connectivity index (χ0n) is 26.4. The van der Waals surface area contributed by atoms with Crippen LogP contribution >= 0.6 is 0 Å². The fourth-order valence-electron chi connectivity index (χ4n) is 3.65. The summed E-state index contributed by atoms with van der Waals surface area (Å²) in [4.78, 5) is 12.6. The summed E-state index contributed by atoms with van der Waals surface area (Å²) in [6.07, 6.45) is -4.47. The minimum absolute atomic E-state index is 0.00381. The number of benzene rings is 2. The molecule has 260 valence electrons. The van der Waals surface area contributed by atoms with Crippen molar-refractivity contribution in [3.05, 3.63) is 59.7 Å². The SMILES string of the molecule is CCOCCOCCOCCOCCOCCOCCOCCOCCOC(=O)c1ccccc1Nc1cccc(C(F)(F)F)c1. The van der Waals surface area contributed by atoms with Crippen LogP contribution in [0.3, 0.4) is 0 Å². The minimum atomic E-state index is -4.47. The summed E-state index contributed by atoms with van der Waals surface area (Å²) in [5.41, 5.74) is -0.0787. The Kier molecular flexibility index (Phi) is 21.6. The minimum Gasteiger partial charge on any atom is -0.460 e. The molecule has 0 radical (unpaired) electrons. The van der Waals surface area contributed by atoms with Crippen LogP contribution in [0.25, 0.3) is 0 Å². The molecule has 0 bridgehead atoms. The first-order valence-corrected chi connectivity index (χ1v) is 15.2. The number of hydrogen-bond donors (Lipinski definition) is 1. The average molecular weight is 662 g/mol. The Labute approximate surface area is 268 Å². The smallest absolute Gasteiger partial charge is 0.416 e. The van der Waals surface area contributed by atoms with Crippen molar-refractivity contribution in [3.63, 3.8) is 0 Å². The molecule has 2 rings (SSSR count). The quantitative estimate of drug-likeness (QED) is 0.101. The van der Waals surface area contributed by atoms with Gasteiger partial charge in [0.2, 0.25) is 0 Å². The predicted molar refractivity (Wildman–Crippen MR) is 164 cm³/mol. The molecular weight excluding hydrogens is 615 g/mol. The topological polar surface area (TPSA) is 112 Å². The van der Waals surface area contributed by atoms with Crippen LogP contribution < -0.4 is 5.32 Å². The van der Waals surface area contributed by atoms with Gasteiger partial charge < -0.3 is 47.9 Å². The maximum absolute atomic E-state index is 13.0. The molecule has 0 aliphatic heterocycles. The van der Waals surface area contributed by atoms with Gasteiger partial charge in [0.15, 0.2) is 0 Å². The van der Waals surface area contributed by atoms with Gasteiger partial charge in [0.25, 0.3) is 0 Å². The van der Waals surface area contributed by atoms with Crippen molar-refractivity contribution in [1.82, 2.24) is 0 Å². The highest BCUT2D eigenvalue weighted by atomic mass is 19.4. The molecule has 2 aromatic rings. The number of anilines is 2. The Hall–Kier alpha value is -2.82. The number of ether oxygens (including phenoxy) is 9. The molecule has 0 saturated carbocycles. The third-order valence-corrected chi connectivity index (χ3v) is 5.88. The van der Waals surface area contributed by atoms with Gasteiger partial charge in [-0.05, 0) is 37.3 Å². The molecule has 0 fully saturated rings. The fraction of sp³-hybridized carbons (Fsp3) is 0.594. The first-order chi connectivity index (χ1) is 22.4. The van der Waals surface area contributed by atoms with Crippen LogP contribution in [0.5, 0.6) is 0 Å². The van der Waals surface area contributed by atoms with Gasteiger partial charge in [-0.2, -0.15) is 13.2 Å². The van der Waals surface area contributed by atoms with E-state index in [9.17, 15) is 18.0 Å². The van der Waals surface area contributed by atoms with Gasteiger partial charge in [-0.1, -0.05) is 18.2 Å². The Bertz CT molecular complexity index is 1060. The fourth-order valence-corrected chi connectivity index (χ4v) is 3.65. The molecule has 0 spiro atoms. The lowest BCUT2D eigenvalue weighted by Gasteiger charge is -2.13. The molecule has 14 heteroatoms. The molecule has 0 aromatic heterocycles. The second-order valence-electron chi connectivity index (χ2n) is 9.37. The number of esters is 1. The lowest BCUT2D eigenvalue weighted by molar-refractivity contribution is -0.137. The highest BCUT2D eigenvalue weighted by Gasteiger charge is 2.30. The molecule has 0 aliphatic carbocycles. The summed E-state index contributed by atoms with van der Waals surface area (Å²) in [5.74, 6) is -0.625. The molecular formula is C32H46F3NO10. The van der Waals surface area contributed by atoms with Crippen molar-refractivity contribution in [2.75, 3.05) is 118 Å². The normalized spacial score (nSPS) is 11.6. The number of carbonyl (C=O) groups is 1. The number of para-hydroxylation sites is 1. The van der Waals surface area contributed by atoms with Crippen LogP contribution in [0.4, 0.5) is 24.5 Å². The molecule has 1 N–H and O–H groups in total. The first kappa shape index (κ1) is 39.4. The summed E-state index contributed by atoms with van der Waals surface area (Å²) in [6.45, 7) is 9.31. The highest BCUT2D eigenvalue weighted by Crippen LogP contribution is 2.32. The summed E-state index contributed by atoms with van der Waals surface area (Å²) in [6, 6.07) is 11.1. The number of rotatable bonds is 28. The van der Waals surface area contributed by atoms with E-state index >= 15 is 0 Å². The largest absolute Gasteiger partial charge is 0.460 e. The van der Waals surface area contributed by atoms with E-state index in [4.69, 9.17) is 42.6 Å². The number of halogens is 3. The van der Waals surface area contributed by atoms with Crippen molar-refractivity contribution in [2.24, 2.45) is 0 Å². The number of hydrogen-bond acceptors (Lipinski definition) is 11. The molecule has 0 aliphatic rings. The van der Waals surface area contributed by atoms with Crippen molar-refractivity contribution in [3.8, 4) is 0 Å². The number of alkyl halides is 3. The monoisotopic (exact) mass is 661 g/mol. The Morgan fingerprint density at radius 1 is 0.587 bits per heavy atom. The first-order valence-electron chi connectivity index (χ1n) is 15.2. The standard InChI is InChI=1S/C32H46F3NO10/c1-2-38-10-11-39-12-13-40-14-15-41-16-17-42-18-19-43-20-21-44-22-23-45-24-25-46-31(37)29-8-3-4-9-30(29)36-28-7-5-6-27(26-28)32(33,34)35/h3-9,26,36H,2,10-25H2,1H3. The van der Waals surface area contributed by atoms with Gasteiger partial charge in [0.1, 0.15) is 6.61 Å². The van der Waals surface area contributed by atoms with Crippen LogP contribution in [0.2, 0.25) is 0 Å². The van der Waals surface area contributed by atoms with E-state index in [0.717, 1.165) is 12.1 Å². The third kappa shape index (κ3) is 19.0. The Morgan fingerprint density at radius 2 is 1.02 bits per heavy atom. The summed E-state index contributed by atoms with van der Waals surface area (Å²) >= 11 is 0. The lowest BCUT2D eigenvalue weighted by Crippen LogP contribution is -2.15. The molecule has 0 saturated heterocycles. The molecule has 0 unspecified atom stereocenters. The van der Waals surface area contributed by atoms with E-state index in [1.54, 1.807) is 18.2 Å². The van der Waals surface area contributed by atoms with E-state index in [0.29, 0.717) is 105 Å². The molecule has 46 heavy (non-hydrogen) atoms. The van der Waals surface area contributed by atoms with Gasteiger partial charge in [0, 0.05) is 12.3 Å². The van der Waals surface area contributed by atoms with Crippen LogP contribution in [0, 0.1) is 0 Å². The van der Waals surface area contributed by atoms with Gasteiger partial charge in [-0.3, -0.25) is 0 Å². The number of nitrogens with one attached hydrogen (secondary N) is 1. The van der Waals surface area contributed by atoms with Crippen LogP contribution in [0.15, 0.2) is 48.5 Å². The second-order valence-corrected chi connectivity index (χ2v) is 9.37. The van der Waals surface area contributed by atoms with E-state index < -0.39 is 17.7 Å². The summed E-state index contributed by atoms with van der Waals surface area (Å²) in [7, 11) is 0. The van der Waals surface area contributed by atoms with Crippen molar-refractivity contribution >= 4 is 17.3 Å².